The first kappa shape index (κ1) is 15.2. The van der Waals surface area contributed by atoms with Crippen LogP contribution in [0.1, 0.15) is 54.8 Å². The van der Waals surface area contributed by atoms with Crippen LogP contribution in [0.4, 0.5) is 0 Å². The Kier molecular flexibility index (Phi) is 3.78. The van der Waals surface area contributed by atoms with Gasteiger partial charge < -0.3 is 0 Å². The maximum absolute atomic E-state index is 11.3. The minimum absolute atomic E-state index is 0.161. The molecule has 116 valence electrons. The third-order valence-electron chi connectivity index (χ3n) is 4.27. The summed E-state index contributed by atoms with van der Waals surface area (Å²) in [7, 11) is -3.62. The molecule has 2 N–H and O–H groups in total. The molecule has 2 atom stereocenters. The molecule has 1 aromatic heterocycles. The number of nitrogens with two attached hydrogens (primary N) is 1. The maximum atomic E-state index is 11.3. The van der Waals surface area contributed by atoms with E-state index in [1.807, 2.05) is 24.4 Å². The Morgan fingerprint density at radius 1 is 1.14 bits per heavy atom. The number of aromatic nitrogens is 1. The van der Waals surface area contributed by atoms with E-state index in [1.165, 1.54) is 11.3 Å². The number of pyridine rings is 1. The van der Waals surface area contributed by atoms with Crippen molar-refractivity contribution in [3.8, 4) is 0 Å². The molecule has 2 unspecified atom stereocenters. The Morgan fingerprint density at radius 3 is 2.41 bits per heavy atom. The topological polar surface area (TPSA) is 73.0 Å². The summed E-state index contributed by atoms with van der Waals surface area (Å²) in [6, 6.07) is 11.0. The van der Waals surface area contributed by atoms with Gasteiger partial charge in [0.1, 0.15) is 0 Å². The third-order valence-corrected chi connectivity index (χ3v) is 5.20. The van der Waals surface area contributed by atoms with E-state index >= 15 is 0 Å². The zero-order valence-electron chi connectivity index (χ0n) is 12.7. The molecule has 1 saturated carbocycles. The largest absolute Gasteiger partial charge is 0.261 e. The Morgan fingerprint density at radius 2 is 1.82 bits per heavy atom. The van der Waals surface area contributed by atoms with Crippen LogP contribution in [-0.2, 0) is 10.0 Å². The Balaban J connectivity index is 1.83. The van der Waals surface area contributed by atoms with Crippen molar-refractivity contribution in [2.24, 2.45) is 5.14 Å². The molecule has 0 amide bonds. The van der Waals surface area contributed by atoms with Crippen molar-refractivity contribution >= 4 is 10.0 Å². The van der Waals surface area contributed by atoms with E-state index in [9.17, 15) is 8.42 Å². The molecule has 22 heavy (non-hydrogen) atoms. The van der Waals surface area contributed by atoms with Crippen LogP contribution >= 0.6 is 0 Å². The van der Waals surface area contributed by atoms with Crippen LogP contribution in [-0.4, -0.2) is 13.4 Å². The van der Waals surface area contributed by atoms with Gasteiger partial charge in [-0.15, -0.1) is 0 Å². The van der Waals surface area contributed by atoms with Gasteiger partial charge in [0, 0.05) is 17.8 Å². The average Bonchev–Trinajstić information content (AvgIpc) is 3.27. The lowest BCUT2D eigenvalue weighted by Crippen LogP contribution is -2.11. The van der Waals surface area contributed by atoms with E-state index in [2.05, 4.69) is 24.9 Å². The lowest BCUT2D eigenvalue weighted by atomic mass is 9.97. The summed E-state index contributed by atoms with van der Waals surface area (Å²) < 4.78 is 22.6. The molecule has 0 saturated heterocycles. The van der Waals surface area contributed by atoms with Crippen LogP contribution in [0.5, 0.6) is 0 Å². The van der Waals surface area contributed by atoms with Crippen molar-refractivity contribution in [2.45, 2.75) is 42.9 Å². The van der Waals surface area contributed by atoms with E-state index in [1.54, 1.807) is 12.1 Å². The van der Waals surface area contributed by atoms with Gasteiger partial charge in [-0.05, 0) is 47.6 Å². The van der Waals surface area contributed by atoms with Gasteiger partial charge in [0.25, 0.3) is 0 Å². The van der Waals surface area contributed by atoms with Gasteiger partial charge in [-0.3, -0.25) is 4.98 Å². The molecular weight excluding hydrogens is 296 g/mol. The molecular formula is C17H20N2O2S. The quantitative estimate of drug-likeness (QED) is 0.942. The zero-order valence-corrected chi connectivity index (χ0v) is 13.5. The number of sulfonamides is 1. The van der Waals surface area contributed by atoms with Gasteiger partial charge in [-0.1, -0.05) is 32.0 Å². The lowest BCUT2D eigenvalue weighted by Gasteiger charge is -2.11. The number of hydrogen-bond acceptors (Lipinski definition) is 3. The fraction of sp³-hybridized carbons (Fsp3) is 0.353. The van der Waals surface area contributed by atoms with Crippen LogP contribution in [0.15, 0.2) is 47.5 Å². The SMILES string of the molecule is CC(C)c1cccnc1C1CC1c1ccc(S(N)(=O)=O)cc1. The highest BCUT2D eigenvalue weighted by Gasteiger charge is 2.41. The summed E-state index contributed by atoms with van der Waals surface area (Å²) in [6.07, 6.45) is 2.91. The number of primary sulfonamides is 1. The zero-order chi connectivity index (χ0) is 15.9. The molecule has 1 aliphatic carbocycles. The summed E-state index contributed by atoms with van der Waals surface area (Å²) in [5, 5.41) is 5.13. The summed E-state index contributed by atoms with van der Waals surface area (Å²) in [4.78, 5) is 4.74. The predicted molar refractivity (Wildman–Crippen MR) is 86.2 cm³/mol. The molecule has 1 heterocycles. The van der Waals surface area contributed by atoms with E-state index in [4.69, 9.17) is 5.14 Å². The first-order valence-corrected chi connectivity index (χ1v) is 9.00. The van der Waals surface area contributed by atoms with Gasteiger partial charge in [-0.25, -0.2) is 13.6 Å². The standard InChI is InChI=1S/C17H20N2O2S/c1-11(2)14-4-3-9-19-17(14)16-10-15(16)12-5-7-13(8-6-12)22(18,20)21/h3-9,11,15-16H,10H2,1-2H3,(H2,18,20,21). The second-order valence-electron chi connectivity index (χ2n) is 6.20. The van der Waals surface area contributed by atoms with Crippen LogP contribution in [0.2, 0.25) is 0 Å². The molecule has 5 heteroatoms. The smallest absolute Gasteiger partial charge is 0.238 e. The normalized spacial score (nSPS) is 21.1. The van der Waals surface area contributed by atoms with Gasteiger partial charge in [0.15, 0.2) is 0 Å². The van der Waals surface area contributed by atoms with E-state index in [-0.39, 0.29) is 4.90 Å². The van der Waals surface area contributed by atoms with Crippen molar-refractivity contribution < 1.29 is 8.42 Å². The second kappa shape index (κ2) is 5.48. The molecule has 3 rings (SSSR count). The number of benzene rings is 1. The first-order chi connectivity index (χ1) is 10.4. The van der Waals surface area contributed by atoms with Crippen molar-refractivity contribution in [1.82, 2.24) is 4.98 Å². The van der Waals surface area contributed by atoms with Crippen molar-refractivity contribution in [3.63, 3.8) is 0 Å². The van der Waals surface area contributed by atoms with Gasteiger partial charge in [0.2, 0.25) is 10.0 Å². The van der Waals surface area contributed by atoms with Gasteiger partial charge >= 0.3 is 0 Å². The van der Waals surface area contributed by atoms with Crippen molar-refractivity contribution in [2.75, 3.05) is 0 Å². The van der Waals surface area contributed by atoms with Gasteiger partial charge in [-0.2, -0.15) is 0 Å². The van der Waals surface area contributed by atoms with Crippen LogP contribution < -0.4 is 5.14 Å². The first-order valence-electron chi connectivity index (χ1n) is 7.45. The lowest BCUT2D eigenvalue weighted by molar-refractivity contribution is 0.598. The van der Waals surface area contributed by atoms with Gasteiger partial charge in [0.05, 0.1) is 4.90 Å². The van der Waals surface area contributed by atoms with Crippen LogP contribution in [0.25, 0.3) is 0 Å². The van der Waals surface area contributed by atoms with E-state index < -0.39 is 10.0 Å². The highest BCUT2D eigenvalue weighted by molar-refractivity contribution is 7.89. The summed E-state index contributed by atoms with van der Waals surface area (Å²) >= 11 is 0. The average molecular weight is 316 g/mol. The second-order valence-corrected chi connectivity index (χ2v) is 7.76. The fourth-order valence-corrected chi connectivity index (χ4v) is 3.51. The maximum Gasteiger partial charge on any atom is 0.238 e. The number of hydrogen-bond donors (Lipinski definition) is 1. The predicted octanol–water partition coefficient (Wildman–Crippen LogP) is 3.12. The van der Waals surface area contributed by atoms with Crippen molar-refractivity contribution in [1.29, 1.82) is 0 Å². The highest BCUT2D eigenvalue weighted by atomic mass is 32.2. The third kappa shape index (κ3) is 2.91. The minimum Gasteiger partial charge on any atom is -0.261 e. The molecule has 1 aromatic carbocycles. The van der Waals surface area contributed by atoms with Crippen LogP contribution in [0.3, 0.4) is 0 Å². The summed E-state index contributed by atoms with van der Waals surface area (Å²) in [5.74, 6) is 1.30. The fourth-order valence-electron chi connectivity index (χ4n) is 3.00. The molecule has 0 aliphatic heterocycles. The molecule has 1 aliphatic rings. The Labute approximate surface area is 131 Å². The molecule has 0 bridgehead atoms. The molecule has 1 fully saturated rings. The Hall–Kier alpha value is -1.72. The molecule has 0 radical (unpaired) electrons. The molecule has 2 aromatic rings. The van der Waals surface area contributed by atoms with Crippen molar-refractivity contribution in [3.05, 3.63) is 59.4 Å². The monoisotopic (exact) mass is 316 g/mol. The highest BCUT2D eigenvalue weighted by Crippen LogP contribution is 2.55. The van der Waals surface area contributed by atoms with Crippen LogP contribution in [0, 0.1) is 0 Å². The summed E-state index contributed by atoms with van der Waals surface area (Å²) in [5.41, 5.74) is 3.63. The Bertz CT molecular complexity index is 783. The number of rotatable bonds is 4. The van der Waals surface area contributed by atoms with E-state index in [0.717, 1.165) is 12.0 Å². The summed E-state index contributed by atoms with van der Waals surface area (Å²) in [6.45, 7) is 4.36. The molecule has 4 nitrogen and oxygen atoms in total. The minimum atomic E-state index is -3.62. The van der Waals surface area contributed by atoms with E-state index in [0.29, 0.717) is 17.8 Å². The molecule has 0 spiro atoms. The number of nitrogens with zero attached hydrogens (tertiary/aromatic N) is 1.